The van der Waals surface area contributed by atoms with Gasteiger partial charge < -0.3 is 10.0 Å². The molecular formula is C12H16N2O4S. The Labute approximate surface area is 114 Å². The summed E-state index contributed by atoms with van der Waals surface area (Å²) in [7, 11) is 0. The first-order valence-electron chi connectivity index (χ1n) is 6.18. The lowest BCUT2D eigenvalue weighted by atomic mass is 9.99. The average molecular weight is 284 g/mol. The highest BCUT2D eigenvalue weighted by molar-refractivity contribution is 7.14. The average Bonchev–Trinajstić information content (AvgIpc) is 2.80. The van der Waals surface area contributed by atoms with Crippen LogP contribution in [0.4, 0.5) is 5.69 Å². The van der Waals surface area contributed by atoms with E-state index in [1.165, 1.54) is 6.07 Å². The lowest BCUT2D eigenvalue weighted by Gasteiger charge is -2.31. The first-order chi connectivity index (χ1) is 9.02. The molecule has 1 aliphatic rings. The molecule has 0 aliphatic carbocycles. The zero-order valence-corrected chi connectivity index (χ0v) is 11.5. The van der Waals surface area contributed by atoms with Crippen LogP contribution in [0.5, 0.6) is 0 Å². The van der Waals surface area contributed by atoms with Gasteiger partial charge >= 0.3 is 0 Å². The molecule has 1 aromatic heterocycles. The number of amides is 1. The van der Waals surface area contributed by atoms with Crippen molar-refractivity contribution in [1.82, 2.24) is 4.90 Å². The van der Waals surface area contributed by atoms with Crippen LogP contribution in [0, 0.1) is 23.0 Å². The monoisotopic (exact) mass is 284 g/mol. The number of aliphatic hydroxyl groups is 1. The number of piperidine rings is 1. The van der Waals surface area contributed by atoms with Crippen molar-refractivity contribution < 1.29 is 14.8 Å². The second kappa shape index (κ2) is 5.66. The smallest absolute Gasteiger partial charge is 0.283 e. The van der Waals surface area contributed by atoms with E-state index in [1.54, 1.807) is 11.8 Å². The van der Waals surface area contributed by atoms with Gasteiger partial charge in [-0.15, -0.1) is 11.3 Å². The Morgan fingerprint density at radius 3 is 3.00 bits per heavy atom. The van der Waals surface area contributed by atoms with Crippen molar-refractivity contribution in [3.05, 3.63) is 25.9 Å². The molecule has 1 saturated heterocycles. The molecule has 0 bridgehead atoms. The number of nitrogens with zero attached hydrogens (tertiary/aromatic N) is 2. The zero-order chi connectivity index (χ0) is 14.0. The van der Waals surface area contributed by atoms with Crippen molar-refractivity contribution >= 4 is 22.9 Å². The number of hydrogen-bond acceptors (Lipinski definition) is 5. The quantitative estimate of drug-likeness (QED) is 0.677. The number of likely N-dealkylation sites (tertiary alicyclic amines) is 1. The van der Waals surface area contributed by atoms with Crippen LogP contribution in [0.3, 0.4) is 0 Å². The third-order valence-corrected chi connectivity index (χ3v) is 4.39. The van der Waals surface area contributed by atoms with E-state index in [0.717, 1.165) is 24.2 Å². The summed E-state index contributed by atoms with van der Waals surface area (Å²) in [5.41, 5.74) is 0.00377. The van der Waals surface area contributed by atoms with Crippen molar-refractivity contribution in [2.75, 3.05) is 19.7 Å². The highest BCUT2D eigenvalue weighted by Crippen LogP contribution is 2.30. The summed E-state index contributed by atoms with van der Waals surface area (Å²) >= 11 is 1.16. The van der Waals surface area contributed by atoms with Crippen LogP contribution in [0.2, 0.25) is 0 Å². The van der Waals surface area contributed by atoms with Crippen LogP contribution in [-0.2, 0) is 0 Å². The van der Waals surface area contributed by atoms with Crippen LogP contribution in [0.1, 0.15) is 27.4 Å². The predicted molar refractivity (Wildman–Crippen MR) is 71.4 cm³/mol. The lowest BCUT2D eigenvalue weighted by Crippen LogP contribution is -2.40. The van der Waals surface area contributed by atoms with Gasteiger partial charge in [0, 0.05) is 25.8 Å². The van der Waals surface area contributed by atoms with Gasteiger partial charge in [0.15, 0.2) is 0 Å². The Kier molecular flexibility index (Phi) is 4.16. The second-order valence-corrected chi connectivity index (χ2v) is 6.01. The molecule has 1 amide bonds. The molecule has 6 nitrogen and oxygen atoms in total. The topological polar surface area (TPSA) is 83.7 Å². The van der Waals surface area contributed by atoms with E-state index >= 15 is 0 Å². The number of carbonyl (C=O) groups excluding carboxylic acids is 1. The minimum Gasteiger partial charge on any atom is -0.396 e. The van der Waals surface area contributed by atoms with Crippen molar-refractivity contribution in [2.24, 2.45) is 5.92 Å². The first-order valence-corrected chi connectivity index (χ1v) is 6.99. The van der Waals surface area contributed by atoms with Crippen molar-refractivity contribution in [3.63, 3.8) is 0 Å². The molecule has 2 rings (SSSR count). The molecule has 0 spiro atoms. The standard InChI is InChI=1S/C12H16N2O4S/c1-8-10(14(17)18)5-11(19-8)12(16)13-4-2-3-9(6-13)7-15/h5,9,15H,2-4,6-7H2,1H3. The Bertz CT molecular complexity index is 500. The molecule has 1 N–H and O–H groups in total. The lowest BCUT2D eigenvalue weighted by molar-refractivity contribution is -0.385. The fraction of sp³-hybridized carbons (Fsp3) is 0.583. The second-order valence-electron chi connectivity index (χ2n) is 4.75. The maximum Gasteiger partial charge on any atom is 0.283 e. The van der Waals surface area contributed by atoms with Crippen LogP contribution in [0.25, 0.3) is 0 Å². The van der Waals surface area contributed by atoms with Crippen LogP contribution in [-0.4, -0.2) is 40.5 Å². The minimum atomic E-state index is -0.463. The van der Waals surface area contributed by atoms with E-state index in [9.17, 15) is 14.9 Å². The van der Waals surface area contributed by atoms with Crippen molar-refractivity contribution in [3.8, 4) is 0 Å². The van der Waals surface area contributed by atoms with Gasteiger partial charge in [0.1, 0.15) is 0 Å². The number of aliphatic hydroxyl groups excluding tert-OH is 1. The number of nitro groups is 1. The summed E-state index contributed by atoms with van der Waals surface area (Å²) in [6.07, 6.45) is 1.79. The predicted octanol–water partition coefficient (Wildman–Crippen LogP) is 1.81. The summed E-state index contributed by atoms with van der Waals surface area (Å²) < 4.78 is 0. The third kappa shape index (κ3) is 2.93. The Morgan fingerprint density at radius 1 is 1.68 bits per heavy atom. The van der Waals surface area contributed by atoms with Crippen LogP contribution >= 0.6 is 11.3 Å². The largest absolute Gasteiger partial charge is 0.396 e. The number of rotatable bonds is 3. The molecule has 1 atom stereocenters. The van der Waals surface area contributed by atoms with Crippen LogP contribution in [0.15, 0.2) is 6.07 Å². The highest BCUT2D eigenvalue weighted by Gasteiger charge is 2.27. The molecule has 0 radical (unpaired) electrons. The number of carbonyl (C=O) groups is 1. The fourth-order valence-electron chi connectivity index (χ4n) is 2.31. The molecule has 0 saturated carbocycles. The molecule has 1 fully saturated rings. The van der Waals surface area contributed by atoms with Gasteiger partial charge in [0.2, 0.25) is 0 Å². The van der Waals surface area contributed by atoms with E-state index in [2.05, 4.69) is 0 Å². The van der Waals surface area contributed by atoms with Gasteiger partial charge in [-0.3, -0.25) is 14.9 Å². The minimum absolute atomic E-state index is 0.00377. The van der Waals surface area contributed by atoms with E-state index in [4.69, 9.17) is 5.11 Å². The summed E-state index contributed by atoms with van der Waals surface area (Å²) in [5.74, 6) is -0.0481. The van der Waals surface area contributed by atoms with Gasteiger partial charge in [0.25, 0.3) is 11.6 Å². The SMILES string of the molecule is Cc1sc(C(=O)N2CCCC(CO)C2)cc1[N+](=O)[O-]. The normalized spacial score (nSPS) is 19.5. The molecule has 1 unspecified atom stereocenters. The third-order valence-electron chi connectivity index (χ3n) is 3.36. The van der Waals surface area contributed by atoms with Crippen molar-refractivity contribution in [1.29, 1.82) is 0 Å². The first kappa shape index (κ1) is 14.0. The molecule has 104 valence electrons. The van der Waals surface area contributed by atoms with Gasteiger partial charge in [-0.2, -0.15) is 0 Å². The summed E-state index contributed by atoms with van der Waals surface area (Å²) in [4.78, 5) is 25.2. The molecule has 1 aliphatic heterocycles. The molecule has 2 heterocycles. The molecule has 7 heteroatoms. The molecular weight excluding hydrogens is 268 g/mol. The Morgan fingerprint density at radius 2 is 2.42 bits per heavy atom. The van der Waals surface area contributed by atoms with Crippen LogP contribution < -0.4 is 0 Å². The zero-order valence-electron chi connectivity index (χ0n) is 10.7. The summed E-state index contributed by atoms with van der Waals surface area (Å²) in [6.45, 7) is 2.90. The van der Waals surface area contributed by atoms with Crippen molar-refractivity contribution in [2.45, 2.75) is 19.8 Å². The molecule has 19 heavy (non-hydrogen) atoms. The number of aryl methyl sites for hydroxylation is 1. The molecule has 1 aromatic rings. The number of thiophene rings is 1. The van der Waals surface area contributed by atoms with Gasteiger partial charge in [-0.25, -0.2) is 0 Å². The Hall–Kier alpha value is -1.47. The fourth-order valence-corrected chi connectivity index (χ4v) is 3.27. The maximum atomic E-state index is 12.3. The summed E-state index contributed by atoms with van der Waals surface area (Å²) in [5, 5.41) is 19.9. The molecule has 0 aromatic carbocycles. The van der Waals surface area contributed by atoms with E-state index in [-0.39, 0.29) is 24.1 Å². The van der Waals surface area contributed by atoms with E-state index < -0.39 is 4.92 Å². The summed E-state index contributed by atoms with van der Waals surface area (Å²) in [6, 6.07) is 1.35. The van der Waals surface area contributed by atoms with E-state index in [1.807, 2.05) is 0 Å². The van der Waals surface area contributed by atoms with Gasteiger partial charge in [-0.05, 0) is 25.7 Å². The Balaban J connectivity index is 2.15. The van der Waals surface area contributed by atoms with E-state index in [0.29, 0.717) is 22.8 Å². The van der Waals surface area contributed by atoms with Gasteiger partial charge in [-0.1, -0.05) is 0 Å². The maximum absolute atomic E-state index is 12.3. The highest BCUT2D eigenvalue weighted by atomic mass is 32.1. The number of hydrogen-bond donors (Lipinski definition) is 1. The van der Waals surface area contributed by atoms with Gasteiger partial charge in [0.05, 0.1) is 14.7 Å².